The van der Waals surface area contributed by atoms with Crippen LogP contribution in [0.4, 0.5) is 0 Å². The van der Waals surface area contributed by atoms with Crippen LogP contribution in [0.1, 0.15) is 57.8 Å². The summed E-state index contributed by atoms with van der Waals surface area (Å²) in [6, 6.07) is 0.387. The number of nitrogens with one attached hydrogen (secondary N) is 1. The van der Waals surface area contributed by atoms with Gasteiger partial charge in [0.2, 0.25) is 5.91 Å². The van der Waals surface area contributed by atoms with Gasteiger partial charge in [-0.1, -0.05) is 12.8 Å². The Morgan fingerprint density at radius 1 is 1.10 bits per heavy atom. The molecule has 0 spiro atoms. The van der Waals surface area contributed by atoms with E-state index in [1.807, 2.05) is 0 Å². The van der Waals surface area contributed by atoms with Crippen LogP contribution in [0.2, 0.25) is 0 Å². The predicted octanol–water partition coefficient (Wildman–Crippen LogP) is 1.92. The summed E-state index contributed by atoms with van der Waals surface area (Å²) in [6.45, 7) is 3.55. The average Bonchev–Trinajstić information content (AvgIpc) is 2.94. The predicted molar refractivity (Wildman–Crippen MR) is 80.5 cm³/mol. The molecule has 0 unspecified atom stereocenters. The number of hydrogen-bond donors (Lipinski definition) is 2. The number of hydrogen-bond acceptors (Lipinski definition) is 3. The average molecular weight is 282 g/mol. The van der Waals surface area contributed by atoms with Gasteiger partial charge in [-0.3, -0.25) is 4.79 Å². The fourth-order valence-corrected chi connectivity index (χ4v) is 3.51. The van der Waals surface area contributed by atoms with Gasteiger partial charge in [-0.15, -0.1) is 0 Å². The molecule has 0 aromatic rings. The van der Waals surface area contributed by atoms with E-state index < -0.39 is 0 Å². The fraction of sp³-hybridized carbons (Fsp3) is 0.938. The number of unbranched alkanes of at least 4 members (excludes halogenated alkanes) is 1. The van der Waals surface area contributed by atoms with Crippen molar-refractivity contribution >= 4 is 5.91 Å². The molecule has 1 heterocycles. The molecule has 2 fully saturated rings. The van der Waals surface area contributed by atoms with Gasteiger partial charge < -0.3 is 15.3 Å². The summed E-state index contributed by atoms with van der Waals surface area (Å²) in [5.74, 6) is 0.921. The first-order valence-corrected chi connectivity index (χ1v) is 8.40. The smallest absolute Gasteiger partial charge is 0.220 e. The summed E-state index contributed by atoms with van der Waals surface area (Å²) >= 11 is 0. The highest BCUT2D eigenvalue weighted by Gasteiger charge is 2.23. The van der Waals surface area contributed by atoms with E-state index >= 15 is 0 Å². The highest BCUT2D eigenvalue weighted by atomic mass is 16.2. The lowest BCUT2D eigenvalue weighted by Gasteiger charge is -2.32. The van der Waals surface area contributed by atoms with Crippen molar-refractivity contribution in [2.75, 3.05) is 26.2 Å². The molecule has 1 aliphatic carbocycles. The standard InChI is InChI=1S/C16H30N2O2/c19-12-4-3-9-18-10-7-15(8-11-18)17-16(20)13-14-5-1-2-6-14/h14-15,19H,1-13H2,(H,17,20). The zero-order valence-electron chi connectivity index (χ0n) is 12.6. The first-order valence-electron chi connectivity index (χ1n) is 8.40. The quantitative estimate of drug-likeness (QED) is 0.702. The number of likely N-dealkylation sites (tertiary alicyclic amines) is 1. The lowest BCUT2D eigenvalue weighted by Crippen LogP contribution is -2.45. The van der Waals surface area contributed by atoms with E-state index in [4.69, 9.17) is 5.11 Å². The summed E-state index contributed by atoms with van der Waals surface area (Å²) in [7, 11) is 0. The Morgan fingerprint density at radius 3 is 2.45 bits per heavy atom. The van der Waals surface area contributed by atoms with Crippen molar-refractivity contribution in [1.29, 1.82) is 0 Å². The zero-order valence-corrected chi connectivity index (χ0v) is 12.6. The summed E-state index contributed by atoms with van der Waals surface area (Å²) in [5, 5.41) is 12.0. The molecule has 0 atom stereocenters. The first-order chi connectivity index (χ1) is 9.78. The summed E-state index contributed by atoms with van der Waals surface area (Å²) in [5.41, 5.74) is 0. The molecule has 1 aliphatic heterocycles. The molecule has 1 amide bonds. The number of carbonyl (C=O) groups excluding carboxylic acids is 1. The van der Waals surface area contributed by atoms with Crippen LogP contribution in [-0.4, -0.2) is 48.2 Å². The van der Waals surface area contributed by atoms with Gasteiger partial charge in [-0.25, -0.2) is 0 Å². The molecule has 20 heavy (non-hydrogen) atoms. The Balaban J connectivity index is 1.57. The molecule has 116 valence electrons. The minimum atomic E-state index is 0.274. The maximum Gasteiger partial charge on any atom is 0.220 e. The largest absolute Gasteiger partial charge is 0.396 e. The molecule has 2 N–H and O–H groups in total. The van der Waals surface area contributed by atoms with Crippen molar-refractivity contribution in [2.24, 2.45) is 5.92 Å². The maximum absolute atomic E-state index is 12.0. The summed E-state index contributed by atoms with van der Waals surface area (Å²) in [6.07, 6.45) is 10.00. The highest BCUT2D eigenvalue weighted by Crippen LogP contribution is 2.27. The van der Waals surface area contributed by atoms with Gasteiger partial charge in [0.25, 0.3) is 0 Å². The van der Waals surface area contributed by atoms with Crippen molar-refractivity contribution in [3.8, 4) is 0 Å². The molecule has 4 heteroatoms. The number of aliphatic hydroxyl groups is 1. The van der Waals surface area contributed by atoms with Crippen molar-refractivity contribution in [3.05, 3.63) is 0 Å². The number of carbonyl (C=O) groups is 1. The molecule has 0 aromatic heterocycles. The minimum absolute atomic E-state index is 0.274. The number of rotatable bonds is 7. The highest BCUT2D eigenvalue weighted by molar-refractivity contribution is 5.76. The molecule has 1 saturated carbocycles. The van der Waals surface area contributed by atoms with Gasteiger partial charge in [-0.2, -0.15) is 0 Å². The summed E-state index contributed by atoms with van der Waals surface area (Å²) < 4.78 is 0. The third kappa shape index (κ3) is 5.41. The normalized spacial score (nSPS) is 22.2. The van der Waals surface area contributed by atoms with E-state index in [0.29, 0.717) is 18.6 Å². The van der Waals surface area contributed by atoms with Crippen LogP contribution in [0.25, 0.3) is 0 Å². The maximum atomic E-state index is 12.0. The minimum Gasteiger partial charge on any atom is -0.396 e. The van der Waals surface area contributed by atoms with Gasteiger partial charge in [-0.05, 0) is 51.0 Å². The van der Waals surface area contributed by atoms with E-state index in [2.05, 4.69) is 10.2 Å². The van der Waals surface area contributed by atoms with Crippen LogP contribution >= 0.6 is 0 Å². The zero-order chi connectivity index (χ0) is 14.2. The van der Waals surface area contributed by atoms with E-state index in [1.165, 1.54) is 25.7 Å². The SMILES string of the molecule is O=C(CC1CCCC1)NC1CCN(CCCCO)CC1. The lowest BCUT2D eigenvalue weighted by atomic mass is 10.0. The van der Waals surface area contributed by atoms with E-state index in [1.54, 1.807) is 0 Å². The van der Waals surface area contributed by atoms with Gasteiger partial charge in [0.05, 0.1) is 0 Å². The molecule has 0 radical (unpaired) electrons. The third-order valence-corrected chi connectivity index (χ3v) is 4.78. The van der Waals surface area contributed by atoms with Crippen molar-refractivity contribution in [1.82, 2.24) is 10.2 Å². The Kier molecular flexibility index (Phi) is 6.80. The van der Waals surface area contributed by atoms with E-state index in [9.17, 15) is 4.79 Å². The van der Waals surface area contributed by atoms with E-state index in [0.717, 1.165) is 51.7 Å². The monoisotopic (exact) mass is 282 g/mol. The van der Waals surface area contributed by atoms with Crippen LogP contribution in [0.5, 0.6) is 0 Å². The molecular weight excluding hydrogens is 252 g/mol. The number of piperidine rings is 1. The van der Waals surface area contributed by atoms with Crippen LogP contribution in [0, 0.1) is 5.92 Å². The molecule has 4 nitrogen and oxygen atoms in total. The van der Waals surface area contributed by atoms with Gasteiger partial charge in [0.15, 0.2) is 0 Å². The van der Waals surface area contributed by atoms with Crippen LogP contribution in [0.3, 0.4) is 0 Å². The Labute approximate surface area is 122 Å². The van der Waals surface area contributed by atoms with Crippen molar-refractivity contribution in [2.45, 2.75) is 63.8 Å². The second-order valence-electron chi connectivity index (χ2n) is 6.47. The number of aliphatic hydroxyl groups excluding tert-OH is 1. The van der Waals surface area contributed by atoms with Crippen LogP contribution in [0.15, 0.2) is 0 Å². The Bertz CT molecular complexity index is 282. The van der Waals surface area contributed by atoms with Gasteiger partial charge >= 0.3 is 0 Å². The Morgan fingerprint density at radius 2 is 1.80 bits per heavy atom. The van der Waals surface area contributed by atoms with Gasteiger partial charge in [0, 0.05) is 32.2 Å². The molecule has 2 rings (SSSR count). The second kappa shape index (κ2) is 8.63. The topological polar surface area (TPSA) is 52.6 Å². The molecule has 2 aliphatic rings. The molecule has 0 aromatic carbocycles. The number of amides is 1. The molecule has 1 saturated heterocycles. The van der Waals surface area contributed by atoms with Crippen LogP contribution in [-0.2, 0) is 4.79 Å². The van der Waals surface area contributed by atoms with Crippen molar-refractivity contribution < 1.29 is 9.90 Å². The third-order valence-electron chi connectivity index (χ3n) is 4.78. The number of nitrogens with zero attached hydrogens (tertiary/aromatic N) is 1. The van der Waals surface area contributed by atoms with E-state index in [-0.39, 0.29) is 5.91 Å². The summed E-state index contributed by atoms with van der Waals surface area (Å²) in [4.78, 5) is 14.5. The molecular formula is C16H30N2O2. The fourth-order valence-electron chi connectivity index (χ4n) is 3.51. The lowest BCUT2D eigenvalue weighted by molar-refractivity contribution is -0.123. The van der Waals surface area contributed by atoms with Crippen LogP contribution < -0.4 is 5.32 Å². The first kappa shape index (κ1) is 15.8. The molecule has 0 bridgehead atoms. The van der Waals surface area contributed by atoms with Crippen molar-refractivity contribution in [3.63, 3.8) is 0 Å². The second-order valence-corrected chi connectivity index (χ2v) is 6.47. The van der Waals surface area contributed by atoms with Gasteiger partial charge in [0.1, 0.15) is 0 Å². The Hall–Kier alpha value is -0.610.